The third-order valence-corrected chi connectivity index (χ3v) is 3.65. The van der Waals surface area contributed by atoms with Gasteiger partial charge >= 0.3 is 7.12 Å². The molecule has 1 saturated heterocycles. The Bertz CT molecular complexity index is 463. The van der Waals surface area contributed by atoms with E-state index in [-0.39, 0.29) is 5.75 Å². The second-order valence-electron chi connectivity index (χ2n) is 5.58. The molecule has 0 amide bonds. The summed E-state index contributed by atoms with van der Waals surface area (Å²) >= 11 is 0. The van der Waals surface area contributed by atoms with E-state index in [1.807, 2.05) is 27.7 Å². The van der Waals surface area contributed by atoms with Crippen LogP contribution in [0.1, 0.15) is 34.6 Å². The van der Waals surface area contributed by atoms with Crippen LogP contribution in [0.4, 0.5) is 4.39 Å². The fourth-order valence-electron chi connectivity index (χ4n) is 1.81. The van der Waals surface area contributed by atoms with Crippen LogP contribution < -0.4 is 10.2 Å². The van der Waals surface area contributed by atoms with Crippen LogP contribution in [-0.2, 0) is 9.31 Å². The Labute approximate surface area is 113 Å². The van der Waals surface area contributed by atoms with Crippen molar-refractivity contribution in [1.29, 1.82) is 0 Å². The van der Waals surface area contributed by atoms with Crippen molar-refractivity contribution < 1.29 is 18.4 Å². The second-order valence-corrected chi connectivity index (χ2v) is 5.58. The Morgan fingerprint density at radius 3 is 2.37 bits per heavy atom. The fourth-order valence-corrected chi connectivity index (χ4v) is 1.81. The predicted molar refractivity (Wildman–Crippen MR) is 71.1 cm³/mol. The number of aromatic nitrogens is 1. The van der Waals surface area contributed by atoms with Gasteiger partial charge in [0.2, 0.25) is 0 Å². The highest BCUT2D eigenvalue weighted by molar-refractivity contribution is 6.62. The molecule has 6 heteroatoms. The van der Waals surface area contributed by atoms with E-state index < -0.39 is 24.3 Å². The van der Waals surface area contributed by atoms with Gasteiger partial charge in [-0.15, -0.1) is 0 Å². The summed E-state index contributed by atoms with van der Waals surface area (Å²) in [6.45, 7) is 10.0. The molecule has 1 aliphatic rings. The molecule has 0 aromatic carbocycles. The molecule has 0 atom stereocenters. The normalized spacial score (nSPS) is 20.6. The quantitative estimate of drug-likeness (QED) is 0.619. The highest BCUT2D eigenvalue weighted by atomic mass is 19.1. The molecular weight excluding hydrogens is 248 g/mol. The van der Waals surface area contributed by atoms with E-state index in [4.69, 9.17) is 14.0 Å². The summed E-state index contributed by atoms with van der Waals surface area (Å²) in [7, 11) is -0.558. The van der Waals surface area contributed by atoms with E-state index in [0.29, 0.717) is 12.1 Å². The molecule has 1 aromatic heterocycles. The molecule has 0 aliphatic carbocycles. The van der Waals surface area contributed by atoms with Gasteiger partial charge in [-0.25, -0.2) is 4.98 Å². The van der Waals surface area contributed by atoms with Gasteiger partial charge in [0.05, 0.1) is 17.8 Å². The number of ether oxygens (including phenoxy) is 1. The van der Waals surface area contributed by atoms with Crippen molar-refractivity contribution >= 4 is 12.6 Å². The zero-order valence-corrected chi connectivity index (χ0v) is 12.0. The molecule has 0 saturated carbocycles. The molecular formula is C13H19BFNO3. The lowest BCUT2D eigenvalue weighted by Crippen LogP contribution is -2.41. The number of nitrogens with zero attached hydrogens (tertiary/aromatic N) is 1. The van der Waals surface area contributed by atoms with Crippen molar-refractivity contribution in [3.05, 3.63) is 18.2 Å². The Balaban J connectivity index is 2.27. The van der Waals surface area contributed by atoms with Gasteiger partial charge in [-0.2, -0.15) is 4.39 Å². The monoisotopic (exact) mass is 267 g/mol. The molecule has 0 N–H and O–H groups in total. The molecule has 1 aromatic rings. The van der Waals surface area contributed by atoms with E-state index in [9.17, 15) is 4.39 Å². The predicted octanol–water partition coefficient (Wildman–Crippen LogP) is 1.92. The van der Waals surface area contributed by atoms with Gasteiger partial charge in [-0.3, -0.25) is 0 Å². The summed E-state index contributed by atoms with van der Waals surface area (Å²) in [6, 6.07) is 1.58. The van der Waals surface area contributed by atoms with Crippen LogP contribution in [0.25, 0.3) is 0 Å². The topological polar surface area (TPSA) is 40.6 Å². The minimum absolute atomic E-state index is 0.120. The van der Waals surface area contributed by atoms with E-state index in [1.54, 1.807) is 13.0 Å². The number of rotatable bonds is 3. The van der Waals surface area contributed by atoms with Gasteiger partial charge < -0.3 is 14.0 Å². The standard InChI is InChI=1S/C13H19BFNO3/c1-6-17-10-7-9(8-16-11(10)15)14-18-12(2,3)13(4,5)19-14/h7-8H,6H2,1-5H3. The maximum Gasteiger partial charge on any atom is 0.496 e. The van der Waals surface area contributed by atoms with Crippen LogP contribution in [0.2, 0.25) is 0 Å². The van der Waals surface area contributed by atoms with Crippen LogP contribution in [-0.4, -0.2) is 29.9 Å². The lowest BCUT2D eigenvalue weighted by Gasteiger charge is -2.32. The van der Waals surface area contributed by atoms with Gasteiger partial charge in [-0.05, 0) is 40.7 Å². The first-order valence-electron chi connectivity index (χ1n) is 6.41. The van der Waals surface area contributed by atoms with Crippen molar-refractivity contribution in [1.82, 2.24) is 4.98 Å². The average Bonchev–Trinajstić information content (AvgIpc) is 2.51. The largest absolute Gasteiger partial charge is 0.496 e. The van der Waals surface area contributed by atoms with Crippen molar-refractivity contribution in [2.75, 3.05) is 6.61 Å². The molecule has 0 unspecified atom stereocenters. The third kappa shape index (κ3) is 2.60. The van der Waals surface area contributed by atoms with Crippen LogP contribution in [0.3, 0.4) is 0 Å². The third-order valence-electron chi connectivity index (χ3n) is 3.65. The van der Waals surface area contributed by atoms with Gasteiger partial charge in [0.25, 0.3) is 5.95 Å². The molecule has 1 aliphatic heterocycles. The van der Waals surface area contributed by atoms with Gasteiger partial charge in [0.1, 0.15) is 0 Å². The number of hydrogen-bond donors (Lipinski definition) is 0. The van der Waals surface area contributed by atoms with Crippen LogP contribution in [0, 0.1) is 5.95 Å². The Morgan fingerprint density at radius 1 is 1.26 bits per heavy atom. The van der Waals surface area contributed by atoms with Crippen molar-refractivity contribution in [3.8, 4) is 5.75 Å². The molecule has 104 valence electrons. The number of hydrogen-bond acceptors (Lipinski definition) is 4. The van der Waals surface area contributed by atoms with Crippen molar-refractivity contribution in [2.24, 2.45) is 0 Å². The lowest BCUT2D eigenvalue weighted by molar-refractivity contribution is 0.00578. The molecule has 2 rings (SSSR count). The summed E-state index contributed by atoms with van der Waals surface area (Å²) in [5.41, 5.74) is -0.209. The van der Waals surface area contributed by atoms with E-state index in [1.165, 1.54) is 6.20 Å². The second kappa shape index (κ2) is 4.76. The van der Waals surface area contributed by atoms with Gasteiger partial charge in [0.15, 0.2) is 5.75 Å². The molecule has 4 nitrogen and oxygen atoms in total. The lowest BCUT2D eigenvalue weighted by atomic mass is 9.80. The minimum Gasteiger partial charge on any atom is -0.489 e. The zero-order chi connectivity index (χ0) is 14.3. The first kappa shape index (κ1) is 14.3. The SMILES string of the molecule is CCOc1cc(B2OC(C)(C)C(C)(C)O2)cnc1F. The Hall–Kier alpha value is -1.14. The summed E-state index contributed by atoms with van der Waals surface area (Å²) in [4.78, 5) is 3.69. The molecule has 0 bridgehead atoms. The summed E-state index contributed by atoms with van der Waals surface area (Å²) in [5.74, 6) is -0.503. The van der Waals surface area contributed by atoms with Crippen molar-refractivity contribution in [3.63, 3.8) is 0 Å². The first-order valence-corrected chi connectivity index (χ1v) is 6.41. The summed E-state index contributed by atoms with van der Waals surface area (Å²) in [6.07, 6.45) is 1.42. The smallest absolute Gasteiger partial charge is 0.489 e. The molecule has 0 radical (unpaired) electrons. The highest BCUT2D eigenvalue weighted by Crippen LogP contribution is 2.36. The van der Waals surface area contributed by atoms with E-state index in [0.717, 1.165) is 0 Å². The summed E-state index contributed by atoms with van der Waals surface area (Å²) < 4.78 is 30.4. The van der Waals surface area contributed by atoms with Crippen LogP contribution in [0.15, 0.2) is 12.3 Å². The maximum atomic E-state index is 13.4. The van der Waals surface area contributed by atoms with Crippen LogP contribution in [0.5, 0.6) is 5.75 Å². The zero-order valence-electron chi connectivity index (χ0n) is 12.0. The average molecular weight is 267 g/mol. The van der Waals surface area contributed by atoms with Gasteiger partial charge in [0, 0.05) is 11.7 Å². The number of pyridine rings is 1. The number of halogens is 1. The first-order chi connectivity index (χ1) is 8.77. The molecule has 19 heavy (non-hydrogen) atoms. The van der Waals surface area contributed by atoms with E-state index in [2.05, 4.69) is 4.98 Å². The summed E-state index contributed by atoms with van der Waals surface area (Å²) in [5, 5.41) is 0. The molecule has 2 heterocycles. The molecule has 0 spiro atoms. The van der Waals surface area contributed by atoms with E-state index >= 15 is 0 Å². The highest BCUT2D eigenvalue weighted by Gasteiger charge is 2.51. The van der Waals surface area contributed by atoms with Crippen molar-refractivity contribution in [2.45, 2.75) is 45.8 Å². The minimum atomic E-state index is -0.623. The Morgan fingerprint density at radius 2 is 1.84 bits per heavy atom. The van der Waals surface area contributed by atoms with Gasteiger partial charge in [-0.1, -0.05) is 0 Å². The molecule has 1 fully saturated rings. The van der Waals surface area contributed by atoms with Crippen LogP contribution >= 0.6 is 0 Å². The maximum absolute atomic E-state index is 13.4. The fraction of sp³-hybridized carbons (Fsp3) is 0.615. The Kier molecular flexibility index (Phi) is 3.58.